The van der Waals surface area contributed by atoms with Gasteiger partial charge in [-0.1, -0.05) is 6.58 Å². The van der Waals surface area contributed by atoms with Crippen molar-refractivity contribution in [2.75, 3.05) is 7.11 Å². The summed E-state index contributed by atoms with van der Waals surface area (Å²) in [6, 6.07) is 1.82. The van der Waals surface area contributed by atoms with Crippen LogP contribution >= 0.6 is 0 Å². The first kappa shape index (κ1) is 8.10. The van der Waals surface area contributed by atoms with Gasteiger partial charge in [-0.2, -0.15) is 0 Å². The number of rotatable bonds is 1. The zero-order valence-corrected chi connectivity index (χ0v) is 7.52. The number of aromatic amines is 1. The van der Waals surface area contributed by atoms with Crippen molar-refractivity contribution in [3.05, 3.63) is 29.6 Å². The quantitative estimate of drug-likeness (QED) is 0.664. The van der Waals surface area contributed by atoms with Gasteiger partial charge < -0.3 is 9.72 Å². The molecule has 68 valence electrons. The third-order valence-electron chi connectivity index (χ3n) is 2.36. The van der Waals surface area contributed by atoms with E-state index < -0.39 is 0 Å². The zero-order valence-electron chi connectivity index (χ0n) is 7.52. The number of aryl methyl sites for hydroxylation is 1. The summed E-state index contributed by atoms with van der Waals surface area (Å²) in [6.07, 6.45) is 1.94. The normalized spacial score (nSPS) is 14.4. The van der Waals surface area contributed by atoms with Crippen LogP contribution in [0.4, 0.5) is 0 Å². The van der Waals surface area contributed by atoms with Gasteiger partial charge >= 0.3 is 5.97 Å². The van der Waals surface area contributed by atoms with Crippen molar-refractivity contribution in [1.82, 2.24) is 4.98 Å². The highest BCUT2D eigenvalue weighted by Gasteiger charge is 2.20. The second-order valence-electron chi connectivity index (χ2n) is 3.17. The van der Waals surface area contributed by atoms with Gasteiger partial charge in [-0.25, -0.2) is 4.79 Å². The highest BCUT2D eigenvalue weighted by atomic mass is 16.5. The van der Waals surface area contributed by atoms with Crippen molar-refractivity contribution in [3.63, 3.8) is 0 Å². The third-order valence-corrected chi connectivity index (χ3v) is 2.36. The van der Waals surface area contributed by atoms with E-state index in [-0.39, 0.29) is 5.97 Å². The minimum atomic E-state index is -0.317. The van der Waals surface area contributed by atoms with E-state index in [2.05, 4.69) is 16.3 Å². The first-order valence-electron chi connectivity index (χ1n) is 4.20. The fourth-order valence-corrected chi connectivity index (χ4v) is 1.64. The standard InChI is InChI=1S/C10H11NO2/c1-6-3-4-8-7(6)5-9(11-8)10(12)13-2/h5,11H,1,3-4H2,2H3. The second kappa shape index (κ2) is 2.76. The van der Waals surface area contributed by atoms with Gasteiger partial charge in [-0.15, -0.1) is 0 Å². The van der Waals surface area contributed by atoms with Crippen molar-refractivity contribution in [1.29, 1.82) is 0 Å². The average molecular weight is 177 g/mol. The Balaban J connectivity index is 2.39. The Kier molecular flexibility index (Phi) is 1.72. The lowest BCUT2D eigenvalue weighted by Crippen LogP contribution is -2.01. The van der Waals surface area contributed by atoms with Gasteiger partial charge in [0.25, 0.3) is 0 Å². The lowest BCUT2D eigenvalue weighted by Gasteiger charge is -1.94. The van der Waals surface area contributed by atoms with Crippen LogP contribution in [0.3, 0.4) is 0 Å². The van der Waals surface area contributed by atoms with Crippen molar-refractivity contribution in [3.8, 4) is 0 Å². The Labute approximate surface area is 76.4 Å². The van der Waals surface area contributed by atoms with Gasteiger partial charge in [0.15, 0.2) is 0 Å². The molecule has 0 saturated carbocycles. The number of hydrogen-bond donors (Lipinski definition) is 1. The van der Waals surface area contributed by atoms with Crippen LogP contribution in [-0.2, 0) is 11.2 Å². The molecular formula is C10H11NO2. The SMILES string of the molecule is C=C1CCc2[nH]c(C(=O)OC)cc21. The van der Waals surface area contributed by atoms with E-state index in [9.17, 15) is 4.79 Å². The molecule has 1 aliphatic carbocycles. The number of fused-ring (bicyclic) bond motifs is 1. The van der Waals surface area contributed by atoms with Crippen LogP contribution in [0.25, 0.3) is 5.57 Å². The molecule has 1 aliphatic rings. The second-order valence-corrected chi connectivity index (χ2v) is 3.17. The first-order chi connectivity index (χ1) is 6.22. The molecule has 0 spiro atoms. The number of esters is 1. The van der Waals surface area contributed by atoms with Gasteiger partial charge in [0.05, 0.1) is 7.11 Å². The molecule has 13 heavy (non-hydrogen) atoms. The number of H-pyrrole nitrogens is 1. The molecule has 0 fully saturated rings. The van der Waals surface area contributed by atoms with Crippen LogP contribution in [0, 0.1) is 0 Å². The summed E-state index contributed by atoms with van der Waals surface area (Å²) in [5.41, 5.74) is 3.81. The maximum absolute atomic E-state index is 11.1. The van der Waals surface area contributed by atoms with Crippen LogP contribution < -0.4 is 0 Å². The molecule has 0 atom stereocenters. The van der Waals surface area contributed by atoms with E-state index in [0.29, 0.717) is 5.69 Å². The maximum Gasteiger partial charge on any atom is 0.354 e. The fourth-order valence-electron chi connectivity index (χ4n) is 1.64. The molecule has 3 nitrogen and oxygen atoms in total. The van der Waals surface area contributed by atoms with E-state index in [0.717, 1.165) is 29.7 Å². The van der Waals surface area contributed by atoms with Crippen LogP contribution in [0.2, 0.25) is 0 Å². The molecule has 2 rings (SSSR count). The highest BCUT2D eigenvalue weighted by Crippen LogP contribution is 2.30. The molecular weight excluding hydrogens is 166 g/mol. The summed E-state index contributed by atoms with van der Waals surface area (Å²) >= 11 is 0. The monoisotopic (exact) mass is 177 g/mol. The maximum atomic E-state index is 11.1. The minimum Gasteiger partial charge on any atom is -0.464 e. The van der Waals surface area contributed by atoms with Crippen molar-refractivity contribution in [2.45, 2.75) is 12.8 Å². The van der Waals surface area contributed by atoms with Crippen LogP contribution in [-0.4, -0.2) is 18.1 Å². The summed E-state index contributed by atoms with van der Waals surface area (Å²) in [6.45, 7) is 3.92. The molecule has 1 aromatic rings. The van der Waals surface area contributed by atoms with Gasteiger partial charge in [0.2, 0.25) is 0 Å². The zero-order chi connectivity index (χ0) is 9.42. The lowest BCUT2D eigenvalue weighted by molar-refractivity contribution is 0.0594. The van der Waals surface area contributed by atoms with E-state index in [1.165, 1.54) is 7.11 Å². The van der Waals surface area contributed by atoms with E-state index in [1.54, 1.807) is 0 Å². The lowest BCUT2D eigenvalue weighted by atomic mass is 10.2. The molecule has 0 aromatic carbocycles. The van der Waals surface area contributed by atoms with E-state index in [4.69, 9.17) is 0 Å². The number of carbonyl (C=O) groups is 1. The highest BCUT2D eigenvalue weighted by molar-refractivity contribution is 5.89. The van der Waals surface area contributed by atoms with Gasteiger partial charge in [0.1, 0.15) is 5.69 Å². The predicted octanol–water partition coefficient (Wildman–Crippen LogP) is 1.76. The molecule has 0 saturated heterocycles. The molecule has 3 heteroatoms. The summed E-state index contributed by atoms with van der Waals surface area (Å²) in [7, 11) is 1.38. The fraction of sp³-hybridized carbons (Fsp3) is 0.300. The molecule has 1 aromatic heterocycles. The summed E-state index contributed by atoms with van der Waals surface area (Å²) in [5.74, 6) is -0.317. The molecule has 0 unspecified atom stereocenters. The van der Waals surface area contributed by atoms with Gasteiger partial charge in [0, 0.05) is 5.69 Å². The average Bonchev–Trinajstić information content (AvgIpc) is 2.67. The Hall–Kier alpha value is -1.51. The third kappa shape index (κ3) is 1.16. The van der Waals surface area contributed by atoms with Crippen molar-refractivity contribution >= 4 is 11.5 Å². The molecule has 0 amide bonds. The molecule has 1 N–H and O–H groups in total. The number of allylic oxidation sites excluding steroid dienone is 1. The summed E-state index contributed by atoms with van der Waals surface area (Å²) < 4.78 is 4.61. The number of nitrogens with one attached hydrogen (secondary N) is 1. The Morgan fingerprint density at radius 3 is 3.00 bits per heavy atom. The number of carbonyl (C=O) groups excluding carboxylic acids is 1. The summed E-state index contributed by atoms with van der Waals surface area (Å²) in [4.78, 5) is 14.2. The van der Waals surface area contributed by atoms with E-state index in [1.807, 2.05) is 6.07 Å². The van der Waals surface area contributed by atoms with Crippen molar-refractivity contribution in [2.24, 2.45) is 0 Å². The Bertz CT molecular complexity index is 376. The number of aromatic nitrogens is 1. The van der Waals surface area contributed by atoms with Crippen LogP contribution in [0.5, 0.6) is 0 Å². The first-order valence-corrected chi connectivity index (χ1v) is 4.20. The predicted molar refractivity (Wildman–Crippen MR) is 49.5 cm³/mol. The van der Waals surface area contributed by atoms with Crippen molar-refractivity contribution < 1.29 is 9.53 Å². The van der Waals surface area contributed by atoms with Gasteiger partial charge in [-0.3, -0.25) is 0 Å². The Morgan fingerprint density at radius 2 is 2.38 bits per heavy atom. The Morgan fingerprint density at radius 1 is 1.62 bits per heavy atom. The molecule has 0 radical (unpaired) electrons. The number of hydrogen-bond acceptors (Lipinski definition) is 2. The molecule has 0 aliphatic heterocycles. The van der Waals surface area contributed by atoms with E-state index >= 15 is 0 Å². The minimum absolute atomic E-state index is 0.317. The topological polar surface area (TPSA) is 42.1 Å². The van der Waals surface area contributed by atoms with Crippen LogP contribution in [0.1, 0.15) is 28.2 Å². The summed E-state index contributed by atoms with van der Waals surface area (Å²) in [5, 5.41) is 0. The number of ether oxygens (including phenoxy) is 1. The van der Waals surface area contributed by atoms with Gasteiger partial charge in [-0.05, 0) is 30.0 Å². The number of methoxy groups -OCH3 is 1. The molecule has 0 bridgehead atoms. The van der Waals surface area contributed by atoms with Crippen LogP contribution in [0.15, 0.2) is 12.6 Å². The largest absolute Gasteiger partial charge is 0.464 e. The smallest absolute Gasteiger partial charge is 0.354 e. The molecule has 1 heterocycles.